The maximum Gasteiger partial charge on any atom is 0.243 e. The molecule has 6 aromatic rings. The molecule has 0 saturated heterocycles. The van der Waals surface area contributed by atoms with Crippen LogP contribution in [0.1, 0.15) is 30.0 Å². The minimum Gasteiger partial charge on any atom is -0.354 e. The topological polar surface area (TPSA) is 142 Å². The lowest BCUT2D eigenvalue weighted by molar-refractivity contribution is -0.133. The van der Waals surface area contributed by atoms with Gasteiger partial charge in [0.2, 0.25) is 23.6 Å². The zero-order chi connectivity index (χ0) is 37.2. The molecule has 0 aliphatic rings. The van der Waals surface area contributed by atoms with Crippen molar-refractivity contribution in [2.45, 2.75) is 50.7 Å². The van der Waals surface area contributed by atoms with E-state index in [2.05, 4.69) is 21.3 Å². The van der Waals surface area contributed by atoms with Crippen molar-refractivity contribution in [2.24, 2.45) is 5.73 Å². The minimum absolute atomic E-state index is 0.155. The van der Waals surface area contributed by atoms with Crippen molar-refractivity contribution in [3.05, 3.63) is 144 Å². The van der Waals surface area contributed by atoms with Gasteiger partial charge < -0.3 is 27.0 Å². The Morgan fingerprint density at radius 2 is 0.849 bits per heavy atom. The van der Waals surface area contributed by atoms with Crippen LogP contribution in [0.25, 0.3) is 32.3 Å². The molecular weight excluding hydrogens is 663 g/mol. The summed E-state index contributed by atoms with van der Waals surface area (Å²) < 4.78 is 0. The van der Waals surface area contributed by atoms with Gasteiger partial charge in [-0.2, -0.15) is 0 Å². The molecule has 0 spiro atoms. The molecule has 0 aliphatic carbocycles. The standard InChI is InChI=1S/C44H45N5O4/c1-29(50)47-40(27-31-16-19-34-10-3-6-13-37(34)24-31)43(52)49-41(28-32-17-20-35-11-4-7-14-38(35)25-32)44(53)48-39(42(51)46-22-8-21-45)26-30-15-18-33-9-2-5-12-36(33)23-30/h2-7,9-20,23-25,39-41H,8,21-22,26-28,45H2,1H3,(H,46,51)(H,47,50)(H,48,53)(H,49,52)/t39-,40+,41-/m0/s1. The van der Waals surface area contributed by atoms with Gasteiger partial charge in [0.05, 0.1) is 0 Å². The first-order valence-corrected chi connectivity index (χ1v) is 18.0. The van der Waals surface area contributed by atoms with Crippen LogP contribution in [0.3, 0.4) is 0 Å². The molecule has 6 N–H and O–H groups in total. The number of benzene rings is 6. The van der Waals surface area contributed by atoms with Gasteiger partial charge in [0.1, 0.15) is 18.1 Å². The maximum atomic E-state index is 14.3. The molecule has 6 rings (SSSR count). The van der Waals surface area contributed by atoms with Gasteiger partial charge in [-0.1, -0.05) is 127 Å². The fourth-order valence-electron chi connectivity index (χ4n) is 6.66. The number of nitrogens with two attached hydrogens (primary N) is 1. The van der Waals surface area contributed by atoms with E-state index in [0.717, 1.165) is 49.0 Å². The number of nitrogens with one attached hydrogen (secondary N) is 4. The van der Waals surface area contributed by atoms with E-state index in [4.69, 9.17) is 5.73 Å². The summed E-state index contributed by atoms with van der Waals surface area (Å²) in [5, 5.41) is 17.8. The smallest absolute Gasteiger partial charge is 0.243 e. The highest BCUT2D eigenvalue weighted by molar-refractivity contribution is 5.95. The van der Waals surface area contributed by atoms with Gasteiger partial charge in [-0.25, -0.2) is 0 Å². The zero-order valence-corrected chi connectivity index (χ0v) is 29.8. The van der Waals surface area contributed by atoms with E-state index in [9.17, 15) is 19.2 Å². The van der Waals surface area contributed by atoms with Crippen molar-refractivity contribution in [1.29, 1.82) is 0 Å². The summed E-state index contributed by atoms with van der Waals surface area (Å²) in [4.78, 5) is 54.4. The van der Waals surface area contributed by atoms with Crippen LogP contribution in [0.5, 0.6) is 0 Å². The molecule has 4 amide bonds. The highest BCUT2D eigenvalue weighted by Crippen LogP contribution is 2.20. The van der Waals surface area contributed by atoms with E-state index in [1.807, 2.05) is 127 Å². The second-order valence-electron chi connectivity index (χ2n) is 13.5. The third-order valence-electron chi connectivity index (χ3n) is 9.40. The molecule has 9 nitrogen and oxygen atoms in total. The number of rotatable bonds is 15. The van der Waals surface area contributed by atoms with Gasteiger partial charge in [0.25, 0.3) is 0 Å². The van der Waals surface area contributed by atoms with Crippen molar-refractivity contribution in [1.82, 2.24) is 21.3 Å². The van der Waals surface area contributed by atoms with Crippen LogP contribution in [0.2, 0.25) is 0 Å². The normalized spacial score (nSPS) is 12.9. The van der Waals surface area contributed by atoms with E-state index in [0.29, 0.717) is 19.5 Å². The molecule has 0 fully saturated rings. The number of carbonyl (C=O) groups is 4. The second kappa shape index (κ2) is 17.4. The molecule has 9 heteroatoms. The van der Waals surface area contributed by atoms with Crippen molar-refractivity contribution in [3.63, 3.8) is 0 Å². The van der Waals surface area contributed by atoms with Crippen LogP contribution in [-0.2, 0) is 38.4 Å². The van der Waals surface area contributed by atoms with Crippen LogP contribution < -0.4 is 27.0 Å². The Bertz CT molecular complexity index is 2250. The fourth-order valence-corrected chi connectivity index (χ4v) is 6.66. The third kappa shape index (κ3) is 9.84. The van der Waals surface area contributed by atoms with Gasteiger partial charge >= 0.3 is 0 Å². The second-order valence-corrected chi connectivity index (χ2v) is 13.5. The van der Waals surface area contributed by atoms with E-state index in [1.54, 1.807) is 0 Å². The quantitative estimate of drug-likeness (QED) is 0.0944. The zero-order valence-electron chi connectivity index (χ0n) is 29.8. The molecule has 0 heterocycles. The van der Waals surface area contributed by atoms with Crippen molar-refractivity contribution >= 4 is 55.9 Å². The third-order valence-corrected chi connectivity index (χ3v) is 9.40. The van der Waals surface area contributed by atoms with Gasteiger partial charge in [0, 0.05) is 32.7 Å². The first-order valence-electron chi connectivity index (χ1n) is 18.0. The fraction of sp³-hybridized carbons (Fsp3) is 0.227. The molecule has 0 bridgehead atoms. The first-order chi connectivity index (χ1) is 25.7. The lowest BCUT2D eigenvalue weighted by Gasteiger charge is -2.26. The highest BCUT2D eigenvalue weighted by Gasteiger charge is 2.30. The lowest BCUT2D eigenvalue weighted by atomic mass is 9.98. The van der Waals surface area contributed by atoms with Crippen molar-refractivity contribution < 1.29 is 19.2 Å². The largest absolute Gasteiger partial charge is 0.354 e. The Hall–Kier alpha value is -6.06. The average Bonchev–Trinajstić information content (AvgIpc) is 3.16. The lowest BCUT2D eigenvalue weighted by Crippen LogP contribution is -2.58. The van der Waals surface area contributed by atoms with Crippen LogP contribution in [0.4, 0.5) is 0 Å². The summed E-state index contributed by atoms with van der Waals surface area (Å²) in [5.74, 6) is -1.74. The molecule has 0 aliphatic heterocycles. The van der Waals surface area contributed by atoms with E-state index in [-0.39, 0.29) is 31.1 Å². The highest BCUT2D eigenvalue weighted by atomic mass is 16.2. The van der Waals surface area contributed by atoms with Gasteiger partial charge in [-0.3, -0.25) is 19.2 Å². The van der Waals surface area contributed by atoms with E-state index in [1.165, 1.54) is 6.92 Å². The molecule has 53 heavy (non-hydrogen) atoms. The van der Waals surface area contributed by atoms with E-state index >= 15 is 0 Å². The Morgan fingerprint density at radius 1 is 0.491 bits per heavy atom. The molecule has 270 valence electrons. The summed E-state index contributed by atoms with van der Waals surface area (Å²) in [5.41, 5.74) is 8.24. The molecule has 0 saturated carbocycles. The van der Waals surface area contributed by atoms with Crippen LogP contribution >= 0.6 is 0 Å². The predicted molar refractivity (Wildman–Crippen MR) is 211 cm³/mol. The molecule has 0 radical (unpaired) electrons. The summed E-state index contributed by atoms with van der Waals surface area (Å²) >= 11 is 0. The average molecular weight is 708 g/mol. The summed E-state index contributed by atoms with van der Waals surface area (Å²) in [7, 11) is 0. The monoisotopic (exact) mass is 707 g/mol. The minimum atomic E-state index is -1.06. The molecule has 0 aromatic heterocycles. The predicted octanol–water partition coefficient (Wildman–Crippen LogP) is 5.11. The number of fused-ring (bicyclic) bond motifs is 3. The Morgan fingerprint density at radius 3 is 1.23 bits per heavy atom. The molecule has 6 aromatic carbocycles. The van der Waals surface area contributed by atoms with Gasteiger partial charge in [-0.05, 0) is 62.0 Å². The van der Waals surface area contributed by atoms with Crippen molar-refractivity contribution in [2.75, 3.05) is 13.1 Å². The number of hydrogen-bond donors (Lipinski definition) is 5. The summed E-state index contributed by atoms with van der Waals surface area (Å²) in [6.45, 7) is 2.14. The van der Waals surface area contributed by atoms with E-state index < -0.39 is 29.9 Å². The molecule has 3 atom stereocenters. The molecule has 0 unspecified atom stereocenters. The van der Waals surface area contributed by atoms with Crippen LogP contribution in [-0.4, -0.2) is 54.8 Å². The Labute approximate surface area is 309 Å². The van der Waals surface area contributed by atoms with Crippen LogP contribution in [0.15, 0.2) is 127 Å². The first kappa shape index (κ1) is 36.7. The summed E-state index contributed by atoms with van der Waals surface area (Å²) in [6, 6.07) is 38.6. The SMILES string of the molecule is CC(=O)N[C@H](Cc1ccc2ccccc2c1)C(=O)N[C@@H](Cc1ccc2ccccc2c1)C(=O)N[C@@H](Cc1ccc2ccccc2c1)C(=O)NCCCN. The van der Waals surface area contributed by atoms with Gasteiger partial charge in [0.15, 0.2) is 0 Å². The number of carbonyl (C=O) groups excluding carboxylic acids is 4. The van der Waals surface area contributed by atoms with Crippen molar-refractivity contribution in [3.8, 4) is 0 Å². The Balaban J connectivity index is 1.28. The summed E-state index contributed by atoms with van der Waals surface area (Å²) in [6.07, 6.45) is 1.19. The number of amides is 4. The van der Waals surface area contributed by atoms with Gasteiger partial charge in [-0.15, -0.1) is 0 Å². The Kier molecular flexibility index (Phi) is 12.1. The molecular formula is C44H45N5O4. The number of hydrogen-bond acceptors (Lipinski definition) is 5. The maximum absolute atomic E-state index is 14.3. The van der Waals surface area contributed by atoms with Crippen LogP contribution in [0, 0.1) is 0 Å².